The molecule has 0 saturated heterocycles. The van der Waals surface area contributed by atoms with Gasteiger partial charge in [0.25, 0.3) is 0 Å². The van der Waals surface area contributed by atoms with Gasteiger partial charge in [-0.1, -0.05) is 36.4 Å². The summed E-state index contributed by atoms with van der Waals surface area (Å²) in [6.07, 6.45) is 2.92. The van der Waals surface area contributed by atoms with Crippen molar-refractivity contribution in [2.24, 2.45) is 0 Å². The molecular weight excluding hydrogens is 346 g/mol. The Kier molecular flexibility index (Phi) is 4.74. The van der Waals surface area contributed by atoms with Gasteiger partial charge < -0.3 is 9.14 Å². The summed E-state index contributed by atoms with van der Waals surface area (Å²) in [5.41, 5.74) is 8.04. The number of hydrogen-bond acceptors (Lipinski definition) is 2. The van der Waals surface area contributed by atoms with E-state index in [1.165, 1.54) is 11.1 Å². The third-order valence-corrected chi connectivity index (χ3v) is 5.19. The van der Waals surface area contributed by atoms with Gasteiger partial charge in [0.15, 0.2) is 6.29 Å². The molecule has 0 fully saturated rings. The molecule has 0 atom stereocenters. The molecule has 2 heterocycles. The third-order valence-electron chi connectivity index (χ3n) is 5.19. The van der Waals surface area contributed by atoms with Crippen molar-refractivity contribution in [2.45, 2.75) is 27.4 Å². The van der Waals surface area contributed by atoms with Crippen LogP contribution in [0, 0.1) is 20.8 Å². The number of aldehydes is 1. The van der Waals surface area contributed by atoms with Crippen molar-refractivity contribution >= 4 is 11.8 Å². The Hall–Kier alpha value is -3.33. The van der Waals surface area contributed by atoms with Gasteiger partial charge in [-0.05, 0) is 67.3 Å². The first kappa shape index (κ1) is 18.1. The monoisotopic (exact) mass is 369 g/mol. The first-order valence-corrected chi connectivity index (χ1v) is 9.42. The second-order valence-electron chi connectivity index (χ2n) is 7.27. The van der Waals surface area contributed by atoms with Crippen molar-refractivity contribution in [1.29, 1.82) is 0 Å². The lowest BCUT2D eigenvalue weighted by atomic mass is 9.99. The SMILES string of the molecule is Cc1ccc2cc(-c3cc(C)c(C)cc3OCc3ccccc3)c(C=O)n2c1. The molecule has 0 radical (unpaired) electrons. The van der Waals surface area contributed by atoms with Crippen molar-refractivity contribution in [3.8, 4) is 16.9 Å². The molecule has 0 aliphatic heterocycles. The zero-order valence-electron chi connectivity index (χ0n) is 16.4. The van der Waals surface area contributed by atoms with Crippen LogP contribution < -0.4 is 4.74 Å². The van der Waals surface area contributed by atoms with Crippen LogP contribution in [0.25, 0.3) is 16.6 Å². The Morgan fingerprint density at radius 2 is 1.64 bits per heavy atom. The summed E-state index contributed by atoms with van der Waals surface area (Å²) in [5.74, 6) is 0.794. The number of rotatable bonds is 5. The van der Waals surface area contributed by atoms with E-state index in [1.54, 1.807) is 0 Å². The fourth-order valence-electron chi connectivity index (χ4n) is 3.49. The molecule has 0 spiro atoms. The predicted octanol–water partition coefficient (Wildman–Crippen LogP) is 5.92. The van der Waals surface area contributed by atoms with E-state index in [2.05, 4.69) is 38.1 Å². The lowest BCUT2D eigenvalue weighted by Gasteiger charge is -2.14. The standard InChI is InChI=1S/C25H23NO2/c1-17-9-10-21-13-22(24(15-27)26(21)14-17)23-11-18(2)19(3)12-25(23)28-16-20-7-5-4-6-8-20/h4-15H,16H2,1-3H3. The molecule has 0 aliphatic rings. The normalized spacial score (nSPS) is 11.0. The van der Waals surface area contributed by atoms with Crippen LogP contribution >= 0.6 is 0 Å². The van der Waals surface area contributed by atoms with Crippen LogP contribution in [-0.4, -0.2) is 10.7 Å². The molecule has 140 valence electrons. The Morgan fingerprint density at radius 1 is 0.893 bits per heavy atom. The van der Waals surface area contributed by atoms with E-state index in [0.717, 1.165) is 39.8 Å². The number of aromatic nitrogens is 1. The van der Waals surface area contributed by atoms with Gasteiger partial charge in [-0.25, -0.2) is 0 Å². The molecule has 0 N–H and O–H groups in total. The summed E-state index contributed by atoms with van der Waals surface area (Å²) in [5, 5.41) is 0. The maximum atomic E-state index is 12.0. The summed E-state index contributed by atoms with van der Waals surface area (Å²) in [6, 6.07) is 20.4. The average molecular weight is 369 g/mol. The molecule has 2 aromatic heterocycles. The number of carbonyl (C=O) groups excluding carboxylic acids is 1. The molecule has 28 heavy (non-hydrogen) atoms. The minimum atomic E-state index is 0.485. The molecule has 0 aliphatic carbocycles. The first-order valence-electron chi connectivity index (χ1n) is 9.42. The van der Waals surface area contributed by atoms with E-state index in [-0.39, 0.29) is 0 Å². The summed E-state index contributed by atoms with van der Waals surface area (Å²) < 4.78 is 8.16. The number of aryl methyl sites for hydroxylation is 3. The van der Waals surface area contributed by atoms with Crippen LogP contribution in [0.2, 0.25) is 0 Å². The number of benzene rings is 2. The van der Waals surface area contributed by atoms with Gasteiger partial charge in [0.05, 0.1) is 5.69 Å². The molecule has 0 bridgehead atoms. The van der Waals surface area contributed by atoms with E-state index in [0.29, 0.717) is 12.3 Å². The second-order valence-corrected chi connectivity index (χ2v) is 7.27. The molecule has 4 aromatic rings. The fraction of sp³-hybridized carbons (Fsp3) is 0.160. The number of nitrogens with zero attached hydrogens (tertiary/aromatic N) is 1. The van der Waals surface area contributed by atoms with Gasteiger partial charge in [-0.15, -0.1) is 0 Å². The van der Waals surface area contributed by atoms with Crippen molar-refractivity contribution in [3.05, 3.63) is 94.8 Å². The quantitative estimate of drug-likeness (QED) is 0.409. The van der Waals surface area contributed by atoms with E-state index < -0.39 is 0 Å². The van der Waals surface area contributed by atoms with Crippen molar-refractivity contribution < 1.29 is 9.53 Å². The fourth-order valence-corrected chi connectivity index (χ4v) is 3.49. The van der Waals surface area contributed by atoms with Gasteiger partial charge in [0.2, 0.25) is 0 Å². The average Bonchev–Trinajstić information content (AvgIpc) is 3.06. The topological polar surface area (TPSA) is 30.7 Å². The smallest absolute Gasteiger partial charge is 0.167 e. The number of pyridine rings is 1. The van der Waals surface area contributed by atoms with Crippen molar-refractivity contribution in [1.82, 2.24) is 4.40 Å². The van der Waals surface area contributed by atoms with Crippen LogP contribution in [0.15, 0.2) is 66.9 Å². The van der Waals surface area contributed by atoms with Gasteiger partial charge in [-0.2, -0.15) is 0 Å². The van der Waals surface area contributed by atoms with Crippen LogP contribution in [0.4, 0.5) is 0 Å². The molecule has 2 aromatic carbocycles. The molecule has 0 unspecified atom stereocenters. The maximum absolute atomic E-state index is 12.0. The summed E-state index contributed by atoms with van der Waals surface area (Å²) in [4.78, 5) is 12.0. The van der Waals surface area contributed by atoms with E-state index in [1.807, 2.05) is 53.9 Å². The van der Waals surface area contributed by atoms with Crippen LogP contribution in [0.5, 0.6) is 5.75 Å². The van der Waals surface area contributed by atoms with Gasteiger partial charge in [-0.3, -0.25) is 4.79 Å². The molecule has 3 heteroatoms. The van der Waals surface area contributed by atoms with E-state index in [4.69, 9.17) is 4.74 Å². The summed E-state index contributed by atoms with van der Waals surface area (Å²) in [6.45, 7) is 6.67. The largest absolute Gasteiger partial charge is 0.488 e. The predicted molar refractivity (Wildman–Crippen MR) is 113 cm³/mol. The van der Waals surface area contributed by atoms with Crippen molar-refractivity contribution in [2.75, 3.05) is 0 Å². The highest BCUT2D eigenvalue weighted by molar-refractivity contribution is 5.91. The molecule has 0 saturated carbocycles. The van der Waals surface area contributed by atoms with Gasteiger partial charge in [0.1, 0.15) is 12.4 Å². The van der Waals surface area contributed by atoms with Gasteiger partial charge in [0, 0.05) is 22.8 Å². The Bertz CT molecular complexity index is 1160. The maximum Gasteiger partial charge on any atom is 0.167 e. The lowest BCUT2D eigenvalue weighted by molar-refractivity contribution is 0.111. The third kappa shape index (κ3) is 3.31. The van der Waals surface area contributed by atoms with Gasteiger partial charge >= 0.3 is 0 Å². The van der Waals surface area contributed by atoms with Crippen LogP contribution in [0.3, 0.4) is 0 Å². The highest BCUT2D eigenvalue weighted by Crippen LogP contribution is 2.36. The highest BCUT2D eigenvalue weighted by Gasteiger charge is 2.17. The number of carbonyl (C=O) groups is 1. The summed E-state index contributed by atoms with van der Waals surface area (Å²) in [7, 11) is 0. The van der Waals surface area contributed by atoms with Crippen LogP contribution in [-0.2, 0) is 6.61 Å². The first-order chi connectivity index (χ1) is 13.6. The van der Waals surface area contributed by atoms with Crippen molar-refractivity contribution in [3.63, 3.8) is 0 Å². The molecule has 4 rings (SSSR count). The Balaban J connectivity index is 1.84. The Morgan fingerprint density at radius 3 is 2.39 bits per heavy atom. The lowest BCUT2D eigenvalue weighted by Crippen LogP contribution is -1.99. The number of ether oxygens (including phenoxy) is 1. The zero-order valence-corrected chi connectivity index (χ0v) is 16.4. The van der Waals surface area contributed by atoms with Crippen LogP contribution in [0.1, 0.15) is 32.7 Å². The van der Waals surface area contributed by atoms with E-state index >= 15 is 0 Å². The molecule has 3 nitrogen and oxygen atoms in total. The number of hydrogen-bond donors (Lipinski definition) is 0. The molecule has 0 amide bonds. The zero-order chi connectivity index (χ0) is 19.7. The minimum Gasteiger partial charge on any atom is -0.488 e. The summed E-state index contributed by atoms with van der Waals surface area (Å²) >= 11 is 0. The van der Waals surface area contributed by atoms with E-state index in [9.17, 15) is 4.79 Å². The minimum absolute atomic E-state index is 0.485. The molecular formula is C25H23NO2. The highest BCUT2D eigenvalue weighted by atomic mass is 16.5. The Labute approximate surface area is 165 Å². The number of fused-ring (bicyclic) bond motifs is 1. The second kappa shape index (κ2) is 7.35.